The van der Waals surface area contributed by atoms with Gasteiger partial charge in [0.05, 0.1) is 19.3 Å². The maximum absolute atomic E-state index is 9.30. The summed E-state index contributed by atoms with van der Waals surface area (Å²) in [6.07, 6.45) is 1.60. The standard InChI is InChI=1S/C9H18O4/c1-11-6-8(10)7-13-9-2-4-12-5-3-9/h8-10H,2-7H2,1H3. The van der Waals surface area contributed by atoms with Gasteiger partial charge < -0.3 is 19.3 Å². The van der Waals surface area contributed by atoms with Gasteiger partial charge in [-0.1, -0.05) is 0 Å². The van der Waals surface area contributed by atoms with Crippen LogP contribution < -0.4 is 0 Å². The van der Waals surface area contributed by atoms with E-state index in [2.05, 4.69) is 0 Å². The van der Waals surface area contributed by atoms with Crippen molar-refractivity contribution in [3.8, 4) is 0 Å². The molecular formula is C9H18O4. The van der Waals surface area contributed by atoms with Crippen molar-refractivity contribution in [1.82, 2.24) is 0 Å². The molecule has 0 aromatic rings. The van der Waals surface area contributed by atoms with E-state index < -0.39 is 6.10 Å². The first-order valence-electron chi connectivity index (χ1n) is 4.69. The van der Waals surface area contributed by atoms with Crippen molar-refractivity contribution in [3.63, 3.8) is 0 Å². The maximum atomic E-state index is 9.30. The van der Waals surface area contributed by atoms with Gasteiger partial charge in [-0.2, -0.15) is 0 Å². The summed E-state index contributed by atoms with van der Waals surface area (Å²) in [4.78, 5) is 0. The van der Waals surface area contributed by atoms with Gasteiger partial charge in [0.1, 0.15) is 6.10 Å². The van der Waals surface area contributed by atoms with Crippen LogP contribution in [0.1, 0.15) is 12.8 Å². The van der Waals surface area contributed by atoms with Crippen LogP contribution in [0.15, 0.2) is 0 Å². The van der Waals surface area contributed by atoms with Crippen LogP contribution in [-0.2, 0) is 14.2 Å². The van der Waals surface area contributed by atoms with Gasteiger partial charge in [-0.05, 0) is 12.8 Å². The SMILES string of the molecule is COCC(O)COC1CCOCC1. The van der Waals surface area contributed by atoms with Crippen LogP contribution in [0.4, 0.5) is 0 Å². The first kappa shape index (κ1) is 10.9. The van der Waals surface area contributed by atoms with E-state index in [0.29, 0.717) is 13.2 Å². The minimum absolute atomic E-state index is 0.250. The Morgan fingerprint density at radius 3 is 2.69 bits per heavy atom. The third-order valence-corrected chi connectivity index (χ3v) is 2.05. The summed E-state index contributed by atoms with van der Waals surface area (Å²) >= 11 is 0. The van der Waals surface area contributed by atoms with E-state index >= 15 is 0 Å². The molecule has 1 N–H and O–H groups in total. The molecule has 1 heterocycles. The average molecular weight is 190 g/mol. The van der Waals surface area contributed by atoms with Crippen LogP contribution in [0.3, 0.4) is 0 Å². The Labute approximate surface area is 78.8 Å². The molecule has 1 aliphatic rings. The Bertz CT molecular complexity index is 123. The topological polar surface area (TPSA) is 47.9 Å². The number of methoxy groups -OCH3 is 1. The molecule has 13 heavy (non-hydrogen) atoms. The Morgan fingerprint density at radius 2 is 2.08 bits per heavy atom. The summed E-state index contributed by atoms with van der Waals surface area (Å²) in [6.45, 7) is 2.23. The Balaban J connectivity index is 2.03. The predicted molar refractivity (Wildman–Crippen MR) is 47.7 cm³/mol. The van der Waals surface area contributed by atoms with E-state index in [-0.39, 0.29) is 6.10 Å². The lowest BCUT2D eigenvalue weighted by molar-refractivity contribution is -0.0714. The van der Waals surface area contributed by atoms with Crippen molar-refractivity contribution in [1.29, 1.82) is 0 Å². The van der Waals surface area contributed by atoms with Crippen LogP contribution in [0.25, 0.3) is 0 Å². The molecule has 1 saturated heterocycles. The second-order valence-electron chi connectivity index (χ2n) is 3.25. The fourth-order valence-electron chi connectivity index (χ4n) is 1.33. The molecule has 0 amide bonds. The summed E-state index contributed by atoms with van der Waals surface area (Å²) in [5.41, 5.74) is 0. The second kappa shape index (κ2) is 6.32. The second-order valence-corrected chi connectivity index (χ2v) is 3.25. The molecule has 0 aromatic heterocycles. The Kier molecular flexibility index (Phi) is 5.31. The lowest BCUT2D eigenvalue weighted by Crippen LogP contribution is -2.29. The summed E-state index contributed by atoms with van der Waals surface area (Å²) in [5.74, 6) is 0. The van der Waals surface area contributed by atoms with Crippen LogP contribution in [0.5, 0.6) is 0 Å². The highest BCUT2D eigenvalue weighted by atomic mass is 16.5. The van der Waals surface area contributed by atoms with E-state index in [9.17, 15) is 5.11 Å². The molecule has 1 atom stereocenters. The van der Waals surface area contributed by atoms with Crippen LogP contribution in [-0.4, -0.2) is 50.9 Å². The number of ether oxygens (including phenoxy) is 3. The molecule has 1 unspecified atom stereocenters. The number of hydrogen-bond acceptors (Lipinski definition) is 4. The van der Waals surface area contributed by atoms with Crippen molar-refractivity contribution < 1.29 is 19.3 Å². The molecule has 0 aliphatic carbocycles. The van der Waals surface area contributed by atoms with Crippen molar-refractivity contribution >= 4 is 0 Å². The van der Waals surface area contributed by atoms with Crippen LogP contribution >= 0.6 is 0 Å². The Morgan fingerprint density at radius 1 is 1.38 bits per heavy atom. The van der Waals surface area contributed by atoms with Gasteiger partial charge in [0.25, 0.3) is 0 Å². The molecule has 0 radical (unpaired) electrons. The third kappa shape index (κ3) is 4.57. The number of rotatable bonds is 5. The normalized spacial score (nSPS) is 21.7. The largest absolute Gasteiger partial charge is 0.388 e. The highest BCUT2D eigenvalue weighted by Gasteiger charge is 2.15. The van der Waals surface area contributed by atoms with Crippen molar-refractivity contribution in [2.24, 2.45) is 0 Å². The third-order valence-electron chi connectivity index (χ3n) is 2.05. The molecule has 4 heteroatoms. The number of aliphatic hydroxyl groups is 1. The molecule has 0 aromatic carbocycles. The van der Waals surface area contributed by atoms with Gasteiger partial charge in [0.15, 0.2) is 0 Å². The molecule has 1 rings (SSSR count). The van der Waals surface area contributed by atoms with Crippen molar-refractivity contribution in [2.45, 2.75) is 25.0 Å². The lowest BCUT2D eigenvalue weighted by atomic mass is 10.1. The monoisotopic (exact) mass is 190 g/mol. The highest BCUT2D eigenvalue weighted by Crippen LogP contribution is 2.10. The highest BCUT2D eigenvalue weighted by molar-refractivity contribution is 4.63. The van der Waals surface area contributed by atoms with Gasteiger partial charge in [-0.25, -0.2) is 0 Å². The van der Waals surface area contributed by atoms with Crippen molar-refractivity contribution in [2.75, 3.05) is 33.5 Å². The quantitative estimate of drug-likeness (QED) is 0.672. The minimum Gasteiger partial charge on any atom is -0.388 e. The average Bonchev–Trinajstić information content (AvgIpc) is 2.17. The van der Waals surface area contributed by atoms with E-state index in [0.717, 1.165) is 26.1 Å². The number of aliphatic hydroxyl groups excluding tert-OH is 1. The summed E-state index contributed by atoms with van der Waals surface area (Å²) in [7, 11) is 1.57. The van der Waals surface area contributed by atoms with Gasteiger partial charge in [0, 0.05) is 20.3 Å². The van der Waals surface area contributed by atoms with Gasteiger partial charge in [-0.15, -0.1) is 0 Å². The molecule has 4 nitrogen and oxygen atoms in total. The summed E-state index contributed by atoms with van der Waals surface area (Å²) in [5, 5.41) is 9.30. The minimum atomic E-state index is -0.507. The zero-order valence-corrected chi connectivity index (χ0v) is 8.07. The van der Waals surface area contributed by atoms with Crippen LogP contribution in [0.2, 0.25) is 0 Å². The molecule has 0 saturated carbocycles. The first-order chi connectivity index (χ1) is 6.33. The van der Waals surface area contributed by atoms with Crippen molar-refractivity contribution in [3.05, 3.63) is 0 Å². The fourth-order valence-corrected chi connectivity index (χ4v) is 1.33. The molecule has 1 fully saturated rings. The zero-order chi connectivity index (χ0) is 9.52. The number of hydrogen-bond donors (Lipinski definition) is 1. The predicted octanol–water partition coefficient (Wildman–Crippen LogP) is 0.189. The summed E-state index contributed by atoms with van der Waals surface area (Å²) in [6, 6.07) is 0. The molecule has 0 bridgehead atoms. The van der Waals surface area contributed by atoms with E-state index in [1.165, 1.54) is 0 Å². The first-order valence-corrected chi connectivity index (χ1v) is 4.69. The fraction of sp³-hybridized carbons (Fsp3) is 1.00. The summed E-state index contributed by atoms with van der Waals surface area (Å²) < 4.78 is 15.5. The van der Waals surface area contributed by atoms with Gasteiger partial charge in [-0.3, -0.25) is 0 Å². The van der Waals surface area contributed by atoms with E-state index in [1.54, 1.807) is 7.11 Å². The molecule has 1 aliphatic heterocycles. The van der Waals surface area contributed by atoms with Gasteiger partial charge in [0.2, 0.25) is 0 Å². The smallest absolute Gasteiger partial charge is 0.101 e. The molecule has 78 valence electrons. The zero-order valence-electron chi connectivity index (χ0n) is 8.07. The maximum Gasteiger partial charge on any atom is 0.101 e. The van der Waals surface area contributed by atoms with E-state index in [1.807, 2.05) is 0 Å². The van der Waals surface area contributed by atoms with Gasteiger partial charge >= 0.3 is 0 Å². The van der Waals surface area contributed by atoms with Crippen LogP contribution in [0, 0.1) is 0 Å². The Hall–Kier alpha value is -0.160. The molecular weight excluding hydrogens is 172 g/mol. The molecule has 0 spiro atoms. The van der Waals surface area contributed by atoms with E-state index in [4.69, 9.17) is 14.2 Å². The lowest BCUT2D eigenvalue weighted by Gasteiger charge is -2.23.